The minimum Gasteiger partial charge on any atom is -0.355 e. The second-order valence-electron chi connectivity index (χ2n) is 4.62. The molecule has 100 valence electrons. The van der Waals surface area contributed by atoms with Crippen LogP contribution in [0.1, 0.15) is 25.5 Å². The third kappa shape index (κ3) is 2.55. The van der Waals surface area contributed by atoms with Crippen molar-refractivity contribution in [3.05, 3.63) is 11.8 Å². The van der Waals surface area contributed by atoms with Gasteiger partial charge in [0.05, 0.1) is 27.8 Å². The highest BCUT2D eigenvalue weighted by molar-refractivity contribution is 7.91. The van der Waals surface area contributed by atoms with Crippen LogP contribution in [-0.4, -0.2) is 37.5 Å². The predicted molar refractivity (Wildman–Crippen MR) is 70.3 cm³/mol. The Bertz CT molecular complexity index is 560. The molecule has 18 heavy (non-hydrogen) atoms. The van der Waals surface area contributed by atoms with Crippen LogP contribution in [0.2, 0.25) is 0 Å². The Kier molecular flexibility index (Phi) is 3.43. The predicted octanol–water partition coefficient (Wildman–Crippen LogP) is 1.51. The standard InChI is InChI=1S/C11H19N5OS/c1-3-10(12)15-5-4-6-16-9(8-15)7-11(14-16)18(2,13)17/h7,12-13H,3-6,8H2,1-2H3. The molecule has 0 fully saturated rings. The number of fused-ring (bicyclic) bond motifs is 1. The van der Waals surface area contributed by atoms with Crippen LogP contribution in [0.4, 0.5) is 0 Å². The van der Waals surface area contributed by atoms with Gasteiger partial charge in [0, 0.05) is 25.8 Å². The summed E-state index contributed by atoms with van der Waals surface area (Å²) in [6.07, 6.45) is 3.02. The van der Waals surface area contributed by atoms with Crippen molar-refractivity contribution in [2.75, 3.05) is 12.8 Å². The summed E-state index contributed by atoms with van der Waals surface area (Å²) in [4.78, 5) is 2.02. The van der Waals surface area contributed by atoms with Crippen LogP contribution < -0.4 is 0 Å². The van der Waals surface area contributed by atoms with Crippen LogP contribution in [0.15, 0.2) is 11.1 Å². The molecule has 1 aliphatic rings. The molecule has 0 saturated heterocycles. The van der Waals surface area contributed by atoms with E-state index in [2.05, 4.69) is 5.10 Å². The molecular weight excluding hydrogens is 250 g/mol. The van der Waals surface area contributed by atoms with Gasteiger partial charge in [-0.25, -0.2) is 8.99 Å². The number of hydrogen-bond acceptors (Lipinski definition) is 4. The third-order valence-electron chi connectivity index (χ3n) is 3.11. The molecule has 0 aromatic carbocycles. The van der Waals surface area contributed by atoms with Crippen molar-refractivity contribution < 1.29 is 4.21 Å². The number of rotatable bonds is 2. The van der Waals surface area contributed by atoms with Crippen molar-refractivity contribution >= 4 is 15.6 Å². The molecule has 0 aliphatic carbocycles. The first-order valence-corrected chi connectivity index (χ1v) is 8.01. The lowest BCUT2D eigenvalue weighted by Gasteiger charge is -2.21. The van der Waals surface area contributed by atoms with E-state index >= 15 is 0 Å². The summed E-state index contributed by atoms with van der Waals surface area (Å²) in [6, 6.07) is 1.75. The first-order chi connectivity index (χ1) is 8.41. The van der Waals surface area contributed by atoms with E-state index in [1.54, 1.807) is 6.07 Å². The van der Waals surface area contributed by atoms with E-state index in [0.717, 1.165) is 25.2 Å². The van der Waals surface area contributed by atoms with Crippen LogP contribution in [0.5, 0.6) is 0 Å². The molecule has 2 heterocycles. The van der Waals surface area contributed by atoms with Gasteiger partial charge in [-0.15, -0.1) is 0 Å². The Labute approximate surface area is 107 Å². The fraction of sp³-hybridized carbons (Fsp3) is 0.636. The van der Waals surface area contributed by atoms with Gasteiger partial charge in [0.2, 0.25) is 0 Å². The number of aryl methyl sites for hydroxylation is 1. The molecule has 1 aliphatic heterocycles. The van der Waals surface area contributed by atoms with Crippen molar-refractivity contribution in [3.63, 3.8) is 0 Å². The average Bonchev–Trinajstić information content (AvgIpc) is 2.60. The zero-order valence-electron chi connectivity index (χ0n) is 10.8. The summed E-state index contributed by atoms with van der Waals surface area (Å²) in [7, 11) is -2.76. The number of nitrogens with zero attached hydrogens (tertiary/aromatic N) is 3. The Morgan fingerprint density at radius 2 is 2.28 bits per heavy atom. The molecule has 0 radical (unpaired) electrons. The summed E-state index contributed by atoms with van der Waals surface area (Å²) in [5, 5.41) is 12.5. The Morgan fingerprint density at radius 1 is 1.56 bits per heavy atom. The van der Waals surface area contributed by atoms with Crippen molar-refractivity contribution in [2.45, 2.75) is 37.9 Å². The monoisotopic (exact) mass is 269 g/mol. The average molecular weight is 269 g/mol. The van der Waals surface area contributed by atoms with Crippen LogP contribution in [0.3, 0.4) is 0 Å². The molecule has 0 saturated carbocycles. The minimum absolute atomic E-state index is 0.349. The molecule has 0 spiro atoms. The molecular formula is C11H19N5OS. The highest BCUT2D eigenvalue weighted by atomic mass is 32.2. The summed E-state index contributed by atoms with van der Waals surface area (Å²) < 4.78 is 21.1. The van der Waals surface area contributed by atoms with Crippen molar-refractivity contribution in [1.29, 1.82) is 10.2 Å². The highest BCUT2D eigenvalue weighted by Gasteiger charge is 2.19. The van der Waals surface area contributed by atoms with E-state index in [1.165, 1.54) is 6.26 Å². The molecule has 1 aromatic heterocycles. The fourth-order valence-corrected chi connectivity index (χ4v) is 2.70. The zero-order chi connectivity index (χ0) is 13.3. The molecule has 1 atom stereocenters. The van der Waals surface area contributed by atoms with Crippen molar-refractivity contribution in [1.82, 2.24) is 14.7 Å². The number of aromatic nitrogens is 2. The lowest BCUT2D eigenvalue weighted by Crippen LogP contribution is -2.29. The summed E-state index contributed by atoms with van der Waals surface area (Å²) in [5.41, 5.74) is 0.947. The molecule has 2 rings (SSSR count). The minimum atomic E-state index is -2.76. The lowest BCUT2D eigenvalue weighted by atomic mass is 10.3. The van der Waals surface area contributed by atoms with Gasteiger partial charge in [-0.3, -0.25) is 10.1 Å². The van der Waals surface area contributed by atoms with E-state index in [0.29, 0.717) is 23.8 Å². The maximum absolute atomic E-state index is 11.7. The van der Waals surface area contributed by atoms with E-state index in [-0.39, 0.29) is 0 Å². The van der Waals surface area contributed by atoms with Crippen LogP contribution >= 0.6 is 0 Å². The largest absolute Gasteiger partial charge is 0.355 e. The van der Waals surface area contributed by atoms with Crippen LogP contribution in [0.25, 0.3) is 0 Å². The molecule has 2 N–H and O–H groups in total. The number of hydrogen-bond donors (Lipinski definition) is 2. The van der Waals surface area contributed by atoms with Gasteiger partial charge in [0.15, 0.2) is 5.03 Å². The van der Waals surface area contributed by atoms with E-state index in [4.69, 9.17) is 10.2 Å². The summed E-state index contributed by atoms with van der Waals surface area (Å²) >= 11 is 0. The van der Waals surface area contributed by atoms with Gasteiger partial charge < -0.3 is 4.90 Å². The Morgan fingerprint density at radius 3 is 2.89 bits per heavy atom. The van der Waals surface area contributed by atoms with Crippen LogP contribution in [0, 0.1) is 10.2 Å². The maximum atomic E-state index is 11.7. The number of nitrogens with one attached hydrogen (secondary N) is 2. The third-order valence-corrected chi connectivity index (χ3v) is 4.11. The van der Waals surface area contributed by atoms with Gasteiger partial charge in [-0.05, 0) is 12.5 Å². The lowest BCUT2D eigenvalue weighted by molar-refractivity contribution is 0.406. The molecule has 0 bridgehead atoms. The zero-order valence-corrected chi connectivity index (χ0v) is 11.6. The summed E-state index contributed by atoms with van der Waals surface area (Å²) in [6.45, 7) is 4.21. The molecule has 7 heteroatoms. The second-order valence-corrected chi connectivity index (χ2v) is 6.72. The Hall–Kier alpha value is -1.37. The van der Waals surface area contributed by atoms with E-state index in [1.807, 2.05) is 16.5 Å². The normalized spacial score (nSPS) is 18.9. The number of amidine groups is 1. The van der Waals surface area contributed by atoms with Gasteiger partial charge in [0.1, 0.15) is 0 Å². The second kappa shape index (κ2) is 4.72. The fourth-order valence-electron chi connectivity index (χ4n) is 2.08. The highest BCUT2D eigenvalue weighted by Crippen LogP contribution is 2.17. The van der Waals surface area contributed by atoms with Gasteiger partial charge in [-0.1, -0.05) is 6.92 Å². The van der Waals surface area contributed by atoms with E-state index in [9.17, 15) is 4.21 Å². The molecule has 1 unspecified atom stereocenters. The first-order valence-electron chi connectivity index (χ1n) is 6.04. The van der Waals surface area contributed by atoms with E-state index < -0.39 is 9.73 Å². The quantitative estimate of drug-likeness (QED) is 0.630. The van der Waals surface area contributed by atoms with Gasteiger partial charge in [0.25, 0.3) is 0 Å². The maximum Gasteiger partial charge on any atom is 0.157 e. The summed E-state index contributed by atoms with van der Waals surface area (Å²) in [5.74, 6) is 0.620. The Balaban J connectivity index is 2.31. The molecule has 6 nitrogen and oxygen atoms in total. The smallest absolute Gasteiger partial charge is 0.157 e. The van der Waals surface area contributed by atoms with Gasteiger partial charge in [-0.2, -0.15) is 5.10 Å². The van der Waals surface area contributed by atoms with Crippen LogP contribution in [-0.2, 0) is 22.8 Å². The first kappa shape index (κ1) is 13.1. The van der Waals surface area contributed by atoms with Crippen molar-refractivity contribution in [3.8, 4) is 0 Å². The van der Waals surface area contributed by atoms with Crippen molar-refractivity contribution in [2.24, 2.45) is 0 Å². The molecule has 0 amide bonds. The SMILES string of the molecule is CCC(=N)N1CCCn2nc(S(C)(=N)=O)cc2C1. The van der Waals surface area contributed by atoms with Gasteiger partial charge >= 0.3 is 0 Å². The topological polar surface area (TPSA) is 85.8 Å². The molecule has 1 aromatic rings.